The molecule has 1 saturated heterocycles. The molecule has 0 unspecified atom stereocenters. The van der Waals surface area contributed by atoms with E-state index in [-0.39, 0.29) is 0 Å². The first-order chi connectivity index (χ1) is 8.15. The Morgan fingerprint density at radius 2 is 2.00 bits per heavy atom. The summed E-state index contributed by atoms with van der Waals surface area (Å²) in [5.74, 6) is 0.837. The minimum atomic E-state index is 0.696. The van der Waals surface area contributed by atoms with Gasteiger partial charge in [0.1, 0.15) is 0 Å². The van der Waals surface area contributed by atoms with Gasteiger partial charge in [0.2, 0.25) is 0 Å². The minimum Gasteiger partial charge on any atom is -0.301 e. The topological polar surface area (TPSA) is 3.24 Å². The first-order valence-corrected chi connectivity index (χ1v) is 7.01. The quantitative estimate of drug-likeness (QED) is 0.785. The lowest BCUT2D eigenvalue weighted by Gasteiger charge is -2.34. The summed E-state index contributed by atoms with van der Waals surface area (Å²) in [6.07, 6.45) is 3.84. The van der Waals surface area contributed by atoms with Crippen LogP contribution in [0.2, 0.25) is 5.02 Å². The van der Waals surface area contributed by atoms with Gasteiger partial charge in [0.15, 0.2) is 0 Å². The van der Waals surface area contributed by atoms with Crippen LogP contribution in [0.25, 0.3) is 0 Å². The Morgan fingerprint density at radius 3 is 2.59 bits per heavy atom. The van der Waals surface area contributed by atoms with Gasteiger partial charge >= 0.3 is 0 Å². The lowest BCUT2D eigenvalue weighted by Crippen LogP contribution is -2.38. The van der Waals surface area contributed by atoms with E-state index in [0.29, 0.717) is 6.04 Å². The summed E-state index contributed by atoms with van der Waals surface area (Å²) in [5, 5.41) is 0.863. The number of rotatable bonds is 3. The fourth-order valence-electron chi connectivity index (χ4n) is 2.67. The molecule has 1 aliphatic rings. The molecule has 0 saturated carbocycles. The molecule has 2 rings (SSSR count). The highest BCUT2D eigenvalue weighted by Crippen LogP contribution is 2.23. The maximum atomic E-state index is 6.02. The van der Waals surface area contributed by atoms with E-state index >= 15 is 0 Å². The molecule has 0 radical (unpaired) electrons. The molecule has 1 aliphatic heterocycles. The molecule has 0 spiro atoms. The van der Waals surface area contributed by atoms with Gasteiger partial charge in [0.05, 0.1) is 0 Å². The molecule has 1 aromatic carbocycles. The number of benzene rings is 1. The van der Waals surface area contributed by atoms with Crippen molar-refractivity contribution in [2.45, 2.75) is 39.2 Å². The lowest BCUT2D eigenvalue weighted by molar-refractivity contribution is 0.149. The van der Waals surface area contributed by atoms with E-state index in [9.17, 15) is 0 Å². The zero-order valence-corrected chi connectivity index (χ0v) is 11.6. The fraction of sp³-hybridized carbons (Fsp3) is 0.600. The normalized spacial score (nSPS) is 18.8. The molecule has 2 heteroatoms. The van der Waals surface area contributed by atoms with Crippen LogP contribution in [-0.4, -0.2) is 24.0 Å². The zero-order chi connectivity index (χ0) is 12.3. The number of hydrogen-bond acceptors (Lipinski definition) is 1. The van der Waals surface area contributed by atoms with Gasteiger partial charge < -0.3 is 4.90 Å². The third-order valence-electron chi connectivity index (χ3n) is 3.79. The maximum Gasteiger partial charge on any atom is 0.0408 e. The maximum absolute atomic E-state index is 6.02. The number of likely N-dealkylation sites (tertiary alicyclic amines) is 1. The van der Waals surface area contributed by atoms with Crippen molar-refractivity contribution < 1.29 is 0 Å². The van der Waals surface area contributed by atoms with Crippen molar-refractivity contribution in [3.05, 3.63) is 34.9 Å². The largest absolute Gasteiger partial charge is 0.301 e. The van der Waals surface area contributed by atoms with Crippen molar-refractivity contribution in [3.8, 4) is 0 Å². The van der Waals surface area contributed by atoms with E-state index in [2.05, 4.69) is 36.9 Å². The number of hydrogen-bond donors (Lipinski definition) is 0. The number of halogens is 1. The first-order valence-electron chi connectivity index (χ1n) is 6.63. The van der Waals surface area contributed by atoms with Gasteiger partial charge in [-0.25, -0.2) is 0 Å². The van der Waals surface area contributed by atoms with Crippen LogP contribution < -0.4 is 0 Å². The molecule has 0 atom stereocenters. The summed E-state index contributed by atoms with van der Waals surface area (Å²) in [4.78, 5) is 2.58. The second-order valence-corrected chi connectivity index (χ2v) is 5.84. The third kappa shape index (κ3) is 3.72. The molecule has 0 bridgehead atoms. The Balaban J connectivity index is 1.86. The van der Waals surface area contributed by atoms with Gasteiger partial charge in [-0.3, -0.25) is 0 Å². The fourth-order valence-corrected chi connectivity index (χ4v) is 2.88. The Kier molecular flexibility index (Phi) is 4.47. The van der Waals surface area contributed by atoms with Gasteiger partial charge in [0, 0.05) is 11.1 Å². The van der Waals surface area contributed by atoms with Crippen LogP contribution in [0.3, 0.4) is 0 Å². The predicted octanol–water partition coefficient (Wildman–Crippen LogP) is 4.00. The van der Waals surface area contributed by atoms with Crippen molar-refractivity contribution in [2.24, 2.45) is 5.92 Å². The average Bonchev–Trinajstić information content (AvgIpc) is 2.29. The summed E-state index contributed by atoms with van der Waals surface area (Å²) < 4.78 is 0. The first kappa shape index (κ1) is 12.9. The summed E-state index contributed by atoms with van der Waals surface area (Å²) in [5.41, 5.74) is 1.39. The van der Waals surface area contributed by atoms with Crippen molar-refractivity contribution in [2.75, 3.05) is 13.1 Å². The summed E-state index contributed by atoms with van der Waals surface area (Å²) in [6.45, 7) is 7.08. The third-order valence-corrected chi connectivity index (χ3v) is 4.03. The van der Waals surface area contributed by atoms with E-state index in [1.54, 1.807) is 0 Å². The van der Waals surface area contributed by atoms with Gasteiger partial charge in [-0.15, -0.1) is 0 Å². The van der Waals surface area contributed by atoms with Crippen molar-refractivity contribution in [1.82, 2.24) is 4.90 Å². The van der Waals surface area contributed by atoms with Gasteiger partial charge in [-0.05, 0) is 69.8 Å². The van der Waals surface area contributed by atoms with Crippen LogP contribution >= 0.6 is 11.6 Å². The standard InChI is InChI=1S/C15H22ClN/c1-12(2)17-8-6-13(7-9-17)10-14-4-3-5-15(16)11-14/h3-5,11-13H,6-10H2,1-2H3. The molecular weight excluding hydrogens is 230 g/mol. The molecule has 1 nitrogen and oxygen atoms in total. The molecule has 1 fully saturated rings. The highest BCUT2D eigenvalue weighted by atomic mass is 35.5. The van der Waals surface area contributed by atoms with E-state index in [4.69, 9.17) is 11.6 Å². The Morgan fingerprint density at radius 1 is 1.29 bits per heavy atom. The Labute approximate surface area is 110 Å². The van der Waals surface area contributed by atoms with Gasteiger partial charge in [0.25, 0.3) is 0 Å². The van der Waals surface area contributed by atoms with Crippen LogP contribution in [0.5, 0.6) is 0 Å². The van der Waals surface area contributed by atoms with E-state index in [1.165, 1.54) is 37.9 Å². The van der Waals surface area contributed by atoms with Crippen LogP contribution in [0.4, 0.5) is 0 Å². The second kappa shape index (κ2) is 5.88. The van der Waals surface area contributed by atoms with E-state index < -0.39 is 0 Å². The minimum absolute atomic E-state index is 0.696. The molecule has 0 amide bonds. The van der Waals surface area contributed by atoms with Crippen LogP contribution in [0.15, 0.2) is 24.3 Å². The Bertz CT molecular complexity index is 354. The molecule has 94 valence electrons. The molecular formula is C15H22ClN. The molecule has 17 heavy (non-hydrogen) atoms. The lowest BCUT2D eigenvalue weighted by atomic mass is 9.90. The van der Waals surface area contributed by atoms with Crippen LogP contribution in [-0.2, 0) is 6.42 Å². The summed E-state index contributed by atoms with van der Waals surface area (Å²) >= 11 is 6.02. The SMILES string of the molecule is CC(C)N1CCC(Cc2cccc(Cl)c2)CC1. The van der Waals surface area contributed by atoms with Crippen molar-refractivity contribution in [3.63, 3.8) is 0 Å². The summed E-state index contributed by atoms with van der Waals surface area (Å²) in [7, 11) is 0. The molecule has 1 heterocycles. The van der Waals surface area contributed by atoms with Crippen LogP contribution in [0.1, 0.15) is 32.3 Å². The van der Waals surface area contributed by atoms with Crippen molar-refractivity contribution in [1.29, 1.82) is 0 Å². The second-order valence-electron chi connectivity index (χ2n) is 5.41. The predicted molar refractivity (Wildman–Crippen MR) is 74.6 cm³/mol. The highest BCUT2D eigenvalue weighted by molar-refractivity contribution is 6.30. The molecule has 0 N–H and O–H groups in total. The van der Waals surface area contributed by atoms with Gasteiger partial charge in [-0.2, -0.15) is 0 Å². The molecule has 0 aromatic heterocycles. The molecule has 0 aliphatic carbocycles. The smallest absolute Gasteiger partial charge is 0.0408 e. The Hall–Kier alpha value is -0.530. The number of piperidine rings is 1. The monoisotopic (exact) mass is 251 g/mol. The van der Waals surface area contributed by atoms with Crippen LogP contribution in [0, 0.1) is 5.92 Å². The van der Waals surface area contributed by atoms with Crippen molar-refractivity contribution >= 4 is 11.6 Å². The summed E-state index contributed by atoms with van der Waals surface area (Å²) in [6, 6.07) is 9.01. The average molecular weight is 252 g/mol. The van der Waals surface area contributed by atoms with E-state index in [1.807, 2.05) is 6.07 Å². The number of nitrogens with zero attached hydrogens (tertiary/aromatic N) is 1. The highest BCUT2D eigenvalue weighted by Gasteiger charge is 2.20. The van der Waals surface area contributed by atoms with Gasteiger partial charge in [-0.1, -0.05) is 23.7 Å². The molecule has 1 aromatic rings. The van der Waals surface area contributed by atoms with E-state index in [0.717, 1.165) is 10.9 Å². The zero-order valence-electron chi connectivity index (χ0n) is 10.8.